The van der Waals surface area contributed by atoms with Gasteiger partial charge in [0.05, 0.1) is 7.11 Å². The maximum Gasteiger partial charge on any atom is 0.121 e. The standard InChI is InChI=1S/C14H17NOS/c1-9-6-11(4-5-13(9)16-3)14-10(2)17-8-12(14)7-15/h4-6,8H,7,15H2,1-3H3. The number of methoxy groups -OCH3 is 1. The summed E-state index contributed by atoms with van der Waals surface area (Å²) in [6.07, 6.45) is 0. The summed E-state index contributed by atoms with van der Waals surface area (Å²) in [4.78, 5) is 1.31. The summed E-state index contributed by atoms with van der Waals surface area (Å²) in [5.41, 5.74) is 10.7. The zero-order chi connectivity index (χ0) is 12.4. The van der Waals surface area contributed by atoms with Crippen molar-refractivity contribution < 1.29 is 4.74 Å². The van der Waals surface area contributed by atoms with Crippen LogP contribution < -0.4 is 10.5 Å². The predicted octanol–water partition coefficient (Wildman–Crippen LogP) is 3.50. The summed E-state index contributed by atoms with van der Waals surface area (Å²) in [5, 5.41) is 2.14. The molecule has 2 N–H and O–H groups in total. The molecule has 0 bridgehead atoms. The Morgan fingerprint density at radius 3 is 2.65 bits per heavy atom. The minimum atomic E-state index is 0.588. The van der Waals surface area contributed by atoms with E-state index in [1.54, 1.807) is 18.4 Å². The van der Waals surface area contributed by atoms with Gasteiger partial charge in [0.25, 0.3) is 0 Å². The Balaban J connectivity index is 2.53. The molecule has 1 aromatic carbocycles. The molecule has 0 amide bonds. The van der Waals surface area contributed by atoms with Crippen LogP contribution in [0.2, 0.25) is 0 Å². The topological polar surface area (TPSA) is 35.2 Å². The lowest BCUT2D eigenvalue weighted by atomic mass is 10.00. The molecule has 0 atom stereocenters. The molecule has 0 saturated carbocycles. The highest BCUT2D eigenvalue weighted by Gasteiger charge is 2.11. The third-order valence-electron chi connectivity index (χ3n) is 2.95. The fourth-order valence-corrected chi connectivity index (χ4v) is 2.98. The summed E-state index contributed by atoms with van der Waals surface area (Å²) >= 11 is 1.76. The van der Waals surface area contributed by atoms with Crippen LogP contribution in [0.3, 0.4) is 0 Å². The Labute approximate surface area is 106 Å². The monoisotopic (exact) mass is 247 g/mol. The molecule has 2 aromatic rings. The number of hydrogen-bond acceptors (Lipinski definition) is 3. The van der Waals surface area contributed by atoms with E-state index in [-0.39, 0.29) is 0 Å². The molecule has 90 valence electrons. The van der Waals surface area contributed by atoms with Crippen molar-refractivity contribution in [3.05, 3.63) is 39.6 Å². The molecule has 0 unspecified atom stereocenters. The quantitative estimate of drug-likeness (QED) is 0.901. The van der Waals surface area contributed by atoms with E-state index in [9.17, 15) is 0 Å². The Kier molecular flexibility index (Phi) is 3.50. The lowest BCUT2D eigenvalue weighted by molar-refractivity contribution is 0.412. The summed E-state index contributed by atoms with van der Waals surface area (Å²) in [5.74, 6) is 0.927. The zero-order valence-corrected chi connectivity index (χ0v) is 11.2. The molecule has 0 spiro atoms. The third kappa shape index (κ3) is 2.21. The first kappa shape index (κ1) is 12.1. The van der Waals surface area contributed by atoms with Crippen LogP contribution in [0.4, 0.5) is 0 Å². The van der Waals surface area contributed by atoms with Crippen molar-refractivity contribution in [2.24, 2.45) is 5.73 Å². The summed E-state index contributed by atoms with van der Waals surface area (Å²) in [6, 6.07) is 6.27. The van der Waals surface area contributed by atoms with Gasteiger partial charge in [-0.3, -0.25) is 0 Å². The van der Waals surface area contributed by atoms with E-state index >= 15 is 0 Å². The zero-order valence-electron chi connectivity index (χ0n) is 10.4. The van der Waals surface area contributed by atoms with Gasteiger partial charge < -0.3 is 10.5 Å². The molecular formula is C14H17NOS. The predicted molar refractivity (Wildman–Crippen MR) is 73.7 cm³/mol. The largest absolute Gasteiger partial charge is 0.496 e. The molecule has 1 heterocycles. The second kappa shape index (κ2) is 4.90. The van der Waals surface area contributed by atoms with Crippen molar-refractivity contribution in [2.45, 2.75) is 20.4 Å². The second-order valence-corrected chi connectivity index (χ2v) is 5.16. The van der Waals surface area contributed by atoms with Gasteiger partial charge in [-0.25, -0.2) is 0 Å². The molecule has 0 aliphatic rings. The van der Waals surface area contributed by atoms with Crippen molar-refractivity contribution in [2.75, 3.05) is 7.11 Å². The van der Waals surface area contributed by atoms with Crippen molar-refractivity contribution in [3.8, 4) is 16.9 Å². The minimum absolute atomic E-state index is 0.588. The molecule has 0 aliphatic carbocycles. The van der Waals surface area contributed by atoms with E-state index in [0.717, 1.165) is 11.3 Å². The van der Waals surface area contributed by atoms with Crippen LogP contribution in [-0.2, 0) is 6.54 Å². The molecule has 0 radical (unpaired) electrons. The first-order chi connectivity index (χ1) is 8.17. The molecule has 0 aliphatic heterocycles. The van der Waals surface area contributed by atoms with Gasteiger partial charge in [0.15, 0.2) is 0 Å². The molecule has 0 saturated heterocycles. The van der Waals surface area contributed by atoms with E-state index < -0.39 is 0 Å². The van der Waals surface area contributed by atoms with E-state index in [1.807, 2.05) is 6.07 Å². The molecular weight excluding hydrogens is 230 g/mol. The van der Waals surface area contributed by atoms with Gasteiger partial charge in [-0.1, -0.05) is 6.07 Å². The fraction of sp³-hybridized carbons (Fsp3) is 0.286. The molecule has 2 nitrogen and oxygen atoms in total. The first-order valence-electron chi connectivity index (χ1n) is 5.59. The molecule has 3 heteroatoms. The van der Waals surface area contributed by atoms with Crippen LogP contribution in [0.25, 0.3) is 11.1 Å². The average Bonchev–Trinajstić information content (AvgIpc) is 2.70. The van der Waals surface area contributed by atoms with Gasteiger partial charge in [-0.05, 0) is 53.6 Å². The average molecular weight is 247 g/mol. The number of nitrogens with two attached hydrogens (primary N) is 1. The van der Waals surface area contributed by atoms with Gasteiger partial charge in [0, 0.05) is 11.4 Å². The maximum absolute atomic E-state index is 5.78. The molecule has 0 fully saturated rings. The van der Waals surface area contributed by atoms with Crippen LogP contribution in [0.15, 0.2) is 23.6 Å². The number of benzene rings is 1. The number of ether oxygens (including phenoxy) is 1. The Bertz CT molecular complexity index is 531. The highest BCUT2D eigenvalue weighted by atomic mass is 32.1. The van der Waals surface area contributed by atoms with E-state index in [1.165, 1.54) is 21.6 Å². The van der Waals surface area contributed by atoms with Crippen LogP contribution in [0, 0.1) is 13.8 Å². The van der Waals surface area contributed by atoms with Crippen molar-refractivity contribution in [1.82, 2.24) is 0 Å². The fourth-order valence-electron chi connectivity index (χ4n) is 2.08. The molecule has 17 heavy (non-hydrogen) atoms. The van der Waals surface area contributed by atoms with Crippen LogP contribution in [0.5, 0.6) is 5.75 Å². The number of rotatable bonds is 3. The van der Waals surface area contributed by atoms with E-state index in [4.69, 9.17) is 10.5 Å². The normalized spacial score (nSPS) is 10.6. The van der Waals surface area contributed by atoms with Crippen LogP contribution in [-0.4, -0.2) is 7.11 Å². The summed E-state index contributed by atoms with van der Waals surface area (Å²) in [7, 11) is 1.70. The van der Waals surface area contributed by atoms with Crippen LogP contribution in [0.1, 0.15) is 16.0 Å². The minimum Gasteiger partial charge on any atom is -0.496 e. The van der Waals surface area contributed by atoms with Crippen molar-refractivity contribution in [1.29, 1.82) is 0 Å². The van der Waals surface area contributed by atoms with Gasteiger partial charge >= 0.3 is 0 Å². The van der Waals surface area contributed by atoms with Crippen molar-refractivity contribution >= 4 is 11.3 Å². The van der Waals surface area contributed by atoms with E-state index in [2.05, 4.69) is 31.4 Å². The SMILES string of the molecule is COc1ccc(-c2c(CN)csc2C)cc1C. The Morgan fingerprint density at radius 2 is 2.06 bits per heavy atom. The van der Waals surface area contributed by atoms with Gasteiger partial charge in [0.2, 0.25) is 0 Å². The summed E-state index contributed by atoms with van der Waals surface area (Å²) in [6.45, 7) is 4.79. The van der Waals surface area contributed by atoms with Crippen LogP contribution >= 0.6 is 11.3 Å². The third-order valence-corrected chi connectivity index (χ3v) is 3.91. The molecule has 2 rings (SSSR count). The maximum atomic E-state index is 5.78. The number of thiophene rings is 1. The van der Waals surface area contributed by atoms with E-state index in [0.29, 0.717) is 6.54 Å². The first-order valence-corrected chi connectivity index (χ1v) is 6.47. The Hall–Kier alpha value is -1.32. The Morgan fingerprint density at radius 1 is 1.29 bits per heavy atom. The van der Waals surface area contributed by atoms with Crippen molar-refractivity contribution in [3.63, 3.8) is 0 Å². The highest BCUT2D eigenvalue weighted by molar-refractivity contribution is 7.10. The summed E-state index contributed by atoms with van der Waals surface area (Å²) < 4.78 is 5.28. The second-order valence-electron chi connectivity index (χ2n) is 4.08. The van der Waals surface area contributed by atoms with Gasteiger partial charge in [-0.2, -0.15) is 0 Å². The van der Waals surface area contributed by atoms with Gasteiger partial charge in [-0.15, -0.1) is 11.3 Å². The smallest absolute Gasteiger partial charge is 0.121 e. The molecule has 1 aromatic heterocycles. The lowest BCUT2D eigenvalue weighted by Gasteiger charge is -2.09. The number of aryl methyl sites for hydroxylation is 2. The number of hydrogen-bond donors (Lipinski definition) is 1. The highest BCUT2D eigenvalue weighted by Crippen LogP contribution is 2.34. The van der Waals surface area contributed by atoms with Gasteiger partial charge in [0.1, 0.15) is 5.75 Å². The lowest BCUT2D eigenvalue weighted by Crippen LogP contribution is -1.97.